The number of urea groups is 1. The first-order chi connectivity index (χ1) is 12.4. The van der Waals surface area contributed by atoms with E-state index in [9.17, 15) is 14.4 Å². The van der Waals surface area contributed by atoms with Crippen LogP contribution in [0.5, 0.6) is 0 Å². The second kappa shape index (κ2) is 6.84. The highest BCUT2D eigenvalue weighted by molar-refractivity contribution is 6.07. The lowest BCUT2D eigenvalue weighted by molar-refractivity contribution is -0.123. The molecule has 0 aromatic heterocycles. The summed E-state index contributed by atoms with van der Waals surface area (Å²) < 4.78 is 0. The number of anilines is 1. The minimum Gasteiger partial charge on any atom is -0.323 e. The Balaban J connectivity index is 1.72. The van der Waals surface area contributed by atoms with Gasteiger partial charge < -0.3 is 10.6 Å². The number of amides is 4. The van der Waals surface area contributed by atoms with Crippen molar-refractivity contribution in [3.05, 3.63) is 71.3 Å². The molecule has 26 heavy (non-hydrogen) atoms. The number of imide groups is 1. The van der Waals surface area contributed by atoms with Crippen LogP contribution in [0.2, 0.25) is 0 Å². The van der Waals surface area contributed by atoms with Gasteiger partial charge in [0, 0.05) is 11.8 Å². The molecule has 132 valence electrons. The Morgan fingerprint density at radius 2 is 1.85 bits per heavy atom. The van der Waals surface area contributed by atoms with Crippen molar-refractivity contribution < 1.29 is 14.4 Å². The van der Waals surface area contributed by atoms with Gasteiger partial charge in [-0.15, -0.1) is 0 Å². The number of hydrogen-bond acceptors (Lipinski definition) is 3. The predicted molar refractivity (Wildman–Crippen MR) is 99.3 cm³/mol. The maximum Gasteiger partial charge on any atom is 0.322 e. The first kappa shape index (κ1) is 17.4. The Bertz CT molecular complexity index is 903. The number of carbonyl (C=O) groups excluding carboxylic acids is 3. The highest BCUT2D eigenvalue weighted by atomic mass is 16.2. The van der Waals surface area contributed by atoms with Crippen molar-refractivity contribution in [2.45, 2.75) is 19.4 Å². The van der Waals surface area contributed by atoms with Gasteiger partial charge in [0.05, 0.1) is 0 Å². The second-order valence-electron chi connectivity index (χ2n) is 6.35. The molecule has 4 amide bonds. The molecule has 3 N–H and O–H groups in total. The molecule has 6 heteroatoms. The summed E-state index contributed by atoms with van der Waals surface area (Å²) in [4.78, 5) is 35.6. The molecule has 1 aliphatic rings. The minimum atomic E-state index is -1.16. The summed E-state index contributed by atoms with van der Waals surface area (Å²) in [6.07, 6.45) is 3.17. The summed E-state index contributed by atoms with van der Waals surface area (Å²) in [6.45, 7) is 3.62. The van der Waals surface area contributed by atoms with Crippen molar-refractivity contribution in [1.82, 2.24) is 10.6 Å². The Labute approximate surface area is 151 Å². The van der Waals surface area contributed by atoms with E-state index in [0.717, 1.165) is 11.1 Å². The van der Waals surface area contributed by atoms with Crippen LogP contribution >= 0.6 is 0 Å². The molecule has 2 aromatic rings. The lowest BCUT2D eigenvalue weighted by atomic mass is 9.92. The van der Waals surface area contributed by atoms with E-state index < -0.39 is 17.5 Å². The monoisotopic (exact) mass is 349 g/mol. The highest BCUT2D eigenvalue weighted by Gasteiger charge is 2.43. The van der Waals surface area contributed by atoms with Gasteiger partial charge in [-0.1, -0.05) is 42.0 Å². The Morgan fingerprint density at radius 1 is 1.12 bits per heavy atom. The normalized spacial score (nSPS) is 19.3. The van der Waals surface area contributed by atoms with Crippen LogP contribution in [0.1, 0.15) is 23.6 Å². The number of hydrogen-bond donors (Lipinski definition) is 3. The summed E-state index contributed by atoms with van der Waals surface area (Å²) in [5.74, 6) is -0.710. The summed E-state index contributed by atoms with van der Waals surface area (Å²) in [5.41, 5.74) is 2.05. The fourth-order valence-corrected chi connectivity index (χ4v) is 2.69. The summed E-state index contributed by atoms with van der Waals surface area (Å²) in [5, 5.41) is 7.58. The number of nitrogens with one attached hydrogen (secondary N) is 3. The average Bonchev–Trinajstić information content (AvgIpc) is 2.88. The van der Waals surface area contributed by atoms with Crippen LogP contribution in [0.25, 0.3) is 6.08 Å². The van der Waals surface area contributed by atoms with E-state index in [1.807, 2.05) is 31.2 Å². The lowest BCUT2D eigenvalue weighted by Gasteiger charge is -2.21. The SMILES string of the molecule is Cc1ccc(/C=C/C(=O)Nc2cccc(C3(C)NC(=O)NC3=O)c2)cc1. The van der Waals surface area contributed by atoms with Crippen molar-refractivity contribution in [3.63, 3.8) is 0 Å². The maximum absolute atomic E-state index is 12.1. The summed E-state index contributed by atoms with van der Waals surface area (Å²) >= 11 is 0. The molecule has 6 nitrogen and oxygen atoms in total. The molecule has 1 atom stereocenters. The molecule has 0 saturated carbocycles. The van der Waals surface area contributed by atoms with Crippen molar-refractivity contribution >= 4 is 29.6 Å². The molecule has 1 aliphatic heterocycles. The van der Waals surface area contributed by atoms with E-state index in [1.54, 1.807) is 37.3 Å². The van der Waals surface area contributed by atoms with Crippen molar-refractivity contribution in [2.75, 3.05) is 5.32 Å². The molecule has 0 aliphatic carbocycles. The number of carbonyl (C=O) groups is 3. The first-order valence-electron chi connectivity index (χ1n) is 8.17. The van der Waals surface area contributed by atoms with Crippen LogP contribution in [0, 0.1) is 6.92 Å². The van der Waals surface area contributed by atoms with Crippen LogP contribution in [-0.2, 0) is 15.1 Å². The van der Waals surface area contributed by atoms with Crippen LogP contribution in [0.4, 0.5) is 10.5 Å². The maximum atomic E-state index is 12.1. The molecule has 1 heterocycles. The lowest BCUT2D eigenvalue weighted by Crippen LogP contribution is -2.40. The van der Waals surface area contributed by atoms with Gasteiger partial charge in [-0.3, -0.25) is 14.9 Å². The zero-order chi connectivity index (χ0) is 18.7. The molecule has 1 saturated heterocycles. The Hall–Kier alpha value is -3.41. The topological polar surface area (TPSA) is 87.3 Å². The van der Waals surface area contributed by atoms with Gasteiger partial charge in [0.25, 0.3) is 5.91 Å². The Kier molecular flexibility index (Phi) is 4.58. The predicted octanol–water partition coefficient (Wildman–Crippen LogP) is 2.70. The molecule has 2 aromatic carbocycles. The third kappa shape index (κ3) is 3.64. The van der Waals surface area contributed by atoms with E-state index in [-0.39, 0.29) is 5.91 Å². The number of rotatable bonds is 4. The zero-order valence-electron chi connectivity index (χ0n) is 14.5. The highest BCUT2D eigenvalue weighted by Crippen LogP contribution is 2.26. The third-order valence-electron chi connectivity index (χ3n) is 4.26. The first-order valence-corrected chi connectivity index (χ1v) is 8.17. The van der Waals surface area contributed by atoms with E-state index in [2.05, 4.69) is 16.0 Å². The standard InChI is InChI=1S/C20H19N3O3/c1-13-6-8-14(9-7-13)10-11-17(24)21-16-5-3-4-15(12-16)20(2)18(25)22-19(26)23-20/h3-12H,1-2H3,(H,21,24)(H2,22,23,25,26)/b11-10+. The van der Waals surface area contributed by atoms with E-state index in [0.29, 0.717) is 11.3 Å². The van der Waals surface area contributed by atoms with Crippen LogP contribution in [0.15, 0.2) is 54.6 Å². The molecule has 0 spiro atoms. The second-order valence-corrected chi connectivity index (χ2v) is 6.35. The zero-order valence-corrected chi connectivity index (χ0v) is 14.5. The van der Waals surface area contributed by atoms with Gasteiger partial charge in [-0.25, -0.2) is 4.79 Å². The number of aryl methyl sites for hydroxylation is 1. The van der Waals surface area contributed by atoms with Crippen molar-refractivity contribution in [3.8, 4) is 0 Å². The molecule has 0 radical (unpaired) electrons. The molecule has 1 unspecified atom stereocenters. The fraction of sp³-hybridized carbons (Fsp3) is 0.150. The molecule has 1 fully saturated rings. The average molecular weight is 349 g/mol. The largest absolute Gasteiger partial charge is 0.323 e. The van der Waals surface area contributed by atoms with Crippen molar-refractivity contribution in [1.29, 1.82) is 0 Å². The van der Waals surface area contributed by atoms with E-state index in [4.69, 9.17) is 0 Å². The molecule has 0 bridgehead atoms. The smallest absolute Gasteiger partial charge is 0.322 e. The van der Waals surface area contributed by atoms with E-state index in [1.165, 1.54) is 6.08 Å². The van der Waals surface area contributed by atoms with Gasteiger partial charge in [0.15, 0.2) is 0 Å². The van der Waals surface area contributed by atoms with Crippen LogP contribution in [0.3, 0.4) is 0 Å². The number of benzene rings is 2. The molecule has 3 rings (SSSR count). The minimum absolute atomic E-state index is 0.284. The van der Waals surface area contributed by atoms with Gasteiger partial charge in [0.2, 0.25) is 5.91 Å². The summed E-state index contributed by atoms with van der Waals surface area (Å²) in [7, 11) is 0. The quantitative estimate of drug-likeness (QED) is 0.586. The van der Waals surface area contributed by atoms with Gasteiger partial charge >= 0.3 is 6.03 Å². The van der Waals surface area contributed by atoms with Gasteiger partial charge in [0.1, 0.15) is 5.54 Å². The molecular formula is C20H19N3O3. The van der Waals surface area contributed by atoms with Gasteiger partial charge in [-0.05, 0) is 43.2 Å². The molecular weight excluding hydrogens is 330 g/mol. The Morgan fingerprint density at radius 3 is 2.50 bits per heavy atom. The summed E-state index contributed by atoms with van der Waals surface area (Å²) in [6, 6.07) is 14.1. The van der Waals surface area contributed by atoms with E-state index >= 15 is 0 Å². The van der Waals surface area contributed by atoms with Crippen LogP contribution < -0.4 is 16.0 Å². The van der Waals surface area contributed by atoms with Crippen molar-refractivity contribution in [2.24, 2.45) is 0 Å². The fourth-order valence-electron chi connectivity index (χ4n) is 2.69. The third-order valence-corrected chi connectivity index (χ3v) is 4.26. The van der Waals surface area contributed by atoms with Crippen LogP contribution in [-0.4, -0.2) is 17.8 Å². The van der Waals surface area contributed by atoms with Gasteiger partial charge in [-0.2, -0.15) is 0 Å².